The normalized spacial score (nSPS) is 11.0. The number of rotatable bonds is 3. The van der Waals surface area contributed by atoms with Crippen LogP contribution in [-0.2, 0) is 6.42 Å². The van der Waals surface area contributed by atoms with Gasteiger partial charge in [0.25, 0.3) is 0 Å². The lowest BCUT2D eigenvalue weighted by atomic mass is 10.1. The van der Waals surface area contributed by atoms with Crippen molar-refractivity contribution in [2.45, 2.75) is 6.42 Å². The summed E-state index contributed by atoms with van der Waals surface area (Å²) in [6, 6.07) is 10.6. The van der Waals surface area contributed by atoms with Crippen molar-refractivity contribution in [3.8, 4) is 0 Å². The first-order chi connectivity index (χ1) is 10.0. The molecule has 0 N–H and O–H groups in total. The quantitative estimate of drug-likeness (QED) is 0.601. The van der Waals surface area contributed by atoms with E-state index in [2.05, 4.69) is 0 Å². The summed E-state index contributed by atoms with van der Waals surface area (Å²) in [5, 5.41) is 0.675. The zero-order chi connectivity index (χ0) is 15.0. The van der Waals surface area contributed by atoms with Gasteiger partial charge in [0.2, 0.25) is 0 Å². The van der Waals surface area contributed by atoms with E-state index in [0.29, 0.717) is 10.3 Å². The summed E-state index contributed by atoms with van der Waals surface area (Å²) in [5.41, 5.74) is 0.260. The zero-order valence-corrected chi connectivity index (χ0v) is 12.3. The topological polar surface area (TPSA) is 17.1 Å². The first-order valence-electron chi connectivity index (χ1n) is 6.20. The molecule has 0 saturated heterocycles. The van der Waals surface area contributed by atoms with Crippen molar-refractivity contribution in [3.63, 3.8) is 0 Å². The molecule has 1 nitrogen and oxygen atoms in total. The lowest BCUT2D eigenvalue weighted by Crippen LogP contribution is -2.03. The first kappa shape index (κ1) is 14.2. The standard InChI is InChI=1S/C16H9ClF2OS/c17-12-3-1-2-9(16(12)19)7-13(20)15-8-10-6-11(18)4-5-14(10)21-15/h1-6,8H,7H2. The Hall–Kier alpha value is -1.78. The zero-order valence-electron chi connectivity index (χ0n) is 10.7. The average Bonchev–Trinajstić information content (AvgIpc) is 2.87. The first-order valence-corrected chi connectivity index (χ1v) is 7.39. The predicted octanol–water partition coefficient (Wildman–Crippen LogP) is 5.26. The highest BCUT2D eigenvalue weighted by Crippen LogP contribution is 2.28. The molecule has 0 amide bonds. The smallest absolute Gasteiger partial charge is 0.177 e. The van der Waals surface area contributed by atoms with E-state index in [1.807, 2.05) is 0 Å². The fourth-order valence-corrected chi connectivity index (χ4v) is 3.27. The molecule has 5 heteroatoms. The van der Waals surface area contributed by atoms with Crippen LogP contribution in [0.2, 0.25) is 5.02 Å². The molecule has 0 saturated carbocycles. The number of thiophene rings is 1. The van der Waals surface area contributed by atoms with Gasteiger partial charge in [-0.05, 0) is 41.3 Å². The molecule has 0 aliphatic carbocycles. The van der Waals surface area contributed by atoms with Gasteiger partial charge < -0.3 is 0 Å². The number of Topliss-reactive ketones (excluding diaryl/α,β-unsaturated/α-hetero) is 1. The third-order valence-electron chi connectivity index (χ3n) is 3.14. The van der Waals surface area contributed by atoms with Crippen molar-refractivity contribution < 1.29 is 13.6 Å². The van der Waals surface area contributed by atoms with Crippen LogP contribution in [0.1, 0.15) is 15.2 Å². The fourth-order valence-electron chi connectivity index (χ4n) is 2.10. The molecule has 0 atom stereocenters. The van der Waals surface area contributed by atoms with Crippen LogP contribution in [0.3, 0.4) is 0 Å². The third-order valence-corrected chi connectivity index (χ3v) is 4.58. The lowest BCUT2D eigenvalue weighted by molar-refractivity contribution is 0.0996. The van der Waals surface area contributed by atoms with E-state index >= 15 is 0 Å². The number of hydrogen-bond donors (Lipinski definition) is 0. The maximum atomic E-state index is 13.8. The summed E-state index contributed by atoms with van der Waals surface area (Å²) in [7, 11) is 0. The highest BCUT2D eigenvalue weighted by atomic mass is 35.5. The highest BCUT2D eigenvalue weighted by molar-refractivity contribution is 7.20. The van der Waals surface area contributed by atoms with Crippen molar-refractivity contribution >= 4 is 38.8 Å². The monoisotopic (exact) mass is 322 g/mol. The molecule has 0 radical (unpaired) electrons. The summed E-state index contributed by atoms with van der Waals surface area (Å²) in [6.45, 7) is 0. The Balaban J connectivity index is 1.91. The van der Waals surface area contributed by atoms with Gasteiger partial charge >= 0.3 is 0 Å². The van der Waals surface area contributed by atoms with Gasteiger partial charge in [0.15, 0.2) is 5.78 Å². The molecular formula is C16H9ClF2OS. The number of halogens is 3. The van der Waals surface area contributed by atoms with Gasteiger partial charge in [0, 0.05) is 11.1 Å². The Morgan fingerprint density at radius 3 is 2.76 bits per heavy atom. The average molecular weight is 323 g/mol. The molecule has 106 valence electrons. The van der Waals surface area contributed by atoms with E-state index in [4.69, 9.17) is 11.6 Å². The number of hydrogen-bond acceptors (Lipinski definition) is 2. The largest absolute Gasteiger partial charge is 0.293 e. The number of carbonyl (C=O) groups excluding carboxylic acids is 1. The molecule has 1 aromatic heterocycles. The van der Waals surface area contributed by atoms with Crippen molar-refractivity contribution in [1.29, 1.82) is 0 Å². The van der Waals surface area contributed by atoms with Crippen LogP contribution in [0.15, 0.2) is 42.5 Å². The minimum absolute atomic E-state index is 0.00119. The van der Waals surface area contributed by atoms with Gasteiger partial charge in [-0.1, -0.05) is 23.7 Å². The molecule has 0 unspecified atom stereocenters. The van der Waals surface area contributed by atoms with E-state index in [9.17, 15) is 13.6 Å². The number of carbonyl (C=O) groups is 1. The molecule has 0 aliphatic rings. The summed E-state index contributed by atoms with van der Waals surface area (Å²) >= 11 is 6.97. The maximum absolute atomic E-state index is 13.8. The van der Waals surface area contributed by atoms with Crippen LogP contribution in [0, 0.1) is 11.6 Å². The second-order valence-electron chi connectivity index (χ2n) is 4.61. The van der Waals surface area contributed by atoms with Crippen LogP contribution in [0.5, 0.6) is 0 Å². The van der Waals surface area contributed by atoms with Crippen molar-refractivity contribution in [1.82, 2.24) is 0 Å². The summed E-state index contributed by atoms with van der Waals surface area (Å²) in [5.74, 6) is -1.13. The van der Waals surface area contributed by atoms with Crippen LogP contribution < -0.4 is 0 Å². The fraction of sp³-hybridized carbons (Fsp3) is 0.0625. The van der Waals surface area contributed by atoms with Gasteiger partial charge in [0.1, 0.15) is 11.6 Å². The predicted molar refractivity (Wildman–Crippen MR) is 81.2 cm³/mol. The minimum atomic E-state index is -0.570. The van der Waals surface area contributed by atoms with E-state index in [1.165, 1.54) is 35.6 Å². The SMILES string of the molecule is O=C(Cc1cccc(Cl)c1F)c1cc2cc(F)ccc2s1. The van der Waals surface area contributed by atoms with Gasteiger partial charge in [-0.25, -0.2) is 8.78 Å². The minimum Gasteiger partial charge on any atom is -0.293 e. The molecule has 1 heterocycles. The maximum Gasteiger partial charge on any atom is 0.177 e. The van der Waals surface area contributed by atoms with Gasteiger partial charge in [0.05, 0.1) is 9.90 Å². The Kier molecular flexibility index (Phi) is 3.74. The molecule has 0 spiro atoms. The van der Waals surface area contributed by atoms with Crippen molar-refractivity contribution in [2.24, 2.45) is 0 Å². The molecule has 0 bridgehead atoms. The third kappa shape index (κ3) is 2.82. The molecule has 3 aromatic rings. The van der Waals surface area contributed by atoms with Crippen LogP contribution in [0.4, 0.5) is 8.78 Å². The second kappa shape index (κ2) is 5.54. The van der Waals surface area contributed by atoms with Gasteiger partial charge in [-0.3, -0.25) is 4.79 Å². The number of ketones is 1. The van der Waals surface area contributed by atoms with E-state index in [0.717, 1.165) is 4.70 Å². The molecule has 3 rings (SSSR count). The van der Waals surface area contributed by atoms with Crippen LogP contribution in [0.25, 0.3) is 10.1 Å². The summed E-state index contributed by atoms with van der Waals surface area (Å²) in [6.07, 6.45) is -0.0678. The van der Waals surface area contributed by atoms with Gasteiger partial charge in [-0.15, -0.1) is 11.3 Å². The van der Waals surface area contributed by atoms with Crippen molar-refractivity contribution in [3.05, 3.63) is 69.6 Å². The van der Waals surface area contributed by atoms with E-state index < -0.39 is 5.82 Å². The molecule has 0 aliphatic heterocycles. The van der Waals surface area contributed by atoms with E-state index in [-0.39, 0.29) is 28.6 Å². The Morgan fingerprint density at radius 1 is 1.14 bits per heavy atom. The molecule has 21 heavy (non-hydrogen) atoms. The van der Waals surface area contributed by atoms with Crippen LogP contribution in [-0.4, -0.2) is 5.78 Å². The number of benzene rings is 2. The molecular weight excluding hydrogens is 314 g/mol. The Labute approximate surface area is 128 Å². The van der Waals surface area contributed by atoms with E-state index in [1.54, 1.807) is 18.2 Å². The molecule has 2 aromatic carbocycles. The Bertz CT molecular complexity index is 841. The second-order valence-corrected chi connectivity index (χ2v) is 6.10. The van der Waals surface area contributed by atoms with Crippen LogP contribution >= 0.6 is 22.9 Å². The highest BCUT2D eigenvalue weighted by Gasteiger charge is 2.15. The van der Waals surface area contributed by atoms with Gasteiger partial charge in [-0.2, -0.15) is 0 Å². The van der Waals surface area contributed by atoms with Crippen molar-refractivity contribution in [2.75, 3.05) is 0 Å². The summed E-state index contributed by atoms with van der Waals surface area (Å²) < 4.78 is 27.8. The Morgan fingerprint density at radius 2 is 1.95 bits per heavy atom. The lowest BCUT2D eigenvalue weighted by Gasteiger charge is -2.02. The summed E-state index contributed by atoms with van der Waals surface area (Å²) in [4.78, 5) is 12.7. The molecule has 0 fully saturated rings. The number of fused-ring (bicyclic) bond motifs is 1.